The van der Waals surface area contributed by atoms with Crippen molar-refractivity contribution >= 4 is 34.5 Å². The highest BCUT2D eigenvalue weighted by molar-refractivity contribution is 7.13. The zero-order chi connectivity index (χ0) is 22.1. The van der Waals surface area contributed by atoms with Crippen LogP contribution in [-0.4, -0.2) is 54.5 Å². The molecule has 1 saturated heterocycles. The zero-order valence-electron chi connectivity index (χ0n) is 17.8. The van der Waals surface area contributed by atoms with E-state index in [1.165, 1.54) is 0 Å². The minimum absolute atomic E-state index is 0.0284. The average Bonchev–Trinajstić information content (AvgIpc) is 3.40. The average molecular weight is 449 g/mol. The van der Waals surface area contributed by atoms with Gasteiger partial charge < -0.3 is 15.4 Å². The van der Waals surface area contributed by atoms with Gasteiger partial charge in [-0.25, -0.2) is 4.98 Å². The second-order valence-corrected chi connectivity index (χ2v) is 8.93. The number of aromatic nitrogens is 1. The minimum Gasteiger partial charge on any atom is -0.379 e. The number of rotatable bonds is 5. The van der Waals surface area contributed by atoms with Crippen LogP contribution in [0.1, 0.15) is 18.4 Å². The Labute approximate surface area is 190 Å². The smallest absolute Gasteiger partial charge is 0.238 e. The molecule has 0 aliphatic carbocycles. The van der Waals surface area contributed by atoms with Crippen molar-refractivity contribution in [1.82, 2.24) is 9.88 Å². The van der Waals surface area contributed by atoms with Crippen LogP contribution in [0.25, 0.3) is 21.8 Å². The predicted molar refractivity (Wildman–Crippen MR) is 126 cm³/mol. The van der Waals surface area contributed by atoms with Gasteiger partial charge in [-0.2, -0.15) is 0 Å². The van der Waals surface area contributed by atoms with E-state index in [2.05, 4.69) is 15.5 Å². The highest BCUT2D eigenvalue weighted by atomic mass is 32.1. The Kier molecular flexibility index (Phi) is 5.73. The van der Waals surface area contributed by atoms with Crippen LogP contribution in [0.5, 0.6) is 0 Å². The van der Waals surface area contributed by atoms with Crippen molar-refractivity contribution in [3.05, 3.63) is 53.4 Å². The lowest BCUT2D eigenvalue weighted by Gasteiger charge is -2.25. The summed E-state index contributed by atoms with van der Waals surface area (Å²) in [5.74, 6) is -0.149. The summed E-state index contributed by atoms with van der Waals surface area (Å²) in [5.41, 5.74) is 5.46. The van der Waals surface area contributed by atoms with E-state index in [4.69, 9.17) is 9.72 Å². The number of amides is 2. The second-order valence-electron chi connectivity index (χ2n) is 8.07. The Hall–Kier alpha value is -3.07. The van der Waals surface area contributed by atoms with Crippen molar-refractivity contribution in [3.63, 3.8) is 0 Å². The number of anilines is 2. The fourth-order valence-electron chi connectivity index (χ4n) is 4.01. The first-order valence-corrected chi connectivity index (χ1v) is 11.6. The molecule has 2 aliphatic heterocycles. The summed E-state index contributed by atoms with van der Waals surface area (Å²) < 4.78 is 5.33. The first-order chi connectivity index (χ1) is 15.6. The molecular weight excluding hydrogens is 424 g/mol. The SMILES string of the molecule is C[C@@H]1C(=O)Nc2ccc(-c3csc(-c4cccc(NC(=O)CN5CCOCC5)c4)n3)cc21. The van der Waals surface area contributed by atoms with E-state index in [0.29, 0.717) is 19.8 Å². The molecular formula is C24H24N4O3S. The number of carbonyl (C=O) groups is 2. The molecule has 0 saturated carbocycles. The number of nitrogens with zero attached hydrogens (tertiary/aromatic N) is 2. The topological polar surface area (TPSA) is 83.6 Å². The number of thiazole rings is 1. The van der Waals surface area contributed by atoms with Gasteiger partial charge in [0.1, 0.15) is 5.01 Å². The van der Waals surface area contributed by atoms with E-state index >= 15 is 0 Å². The van der Waals surface area contributed by atoms with Gasteiger partial charge in [-0.05, 0) is 36.8 Å². The maximum Gasteiger partial charge on any atom is 0.238 e. The van der Waals surface area contributed by atoms with Gasteiger partial charge in [0.2, 0.25) is 11.8 Å². The molecule has 3 heterocycles. The van der Waals surface area contributed by atoms with Gasteiger partial charge in [0.05, 0.1) is 31.4 Å². The van der Waals surface area contributed by atoms with Crippen LogP contribution in [0.3, 0.4) is 0 Å². The van der Waals surface area contributed by atoms with Crippen LogP contribution < -0.4 is 10.6 Å². The standard InChI is InChI=1S/C24H24N4O3S/c1-15-19-12-16(5-6-20(19)26-23(15)30)21-14-32-24(27-21)17-3-2-4-18(11-17)25-22(29)13-28-7-9-31-10-8-28/h2-6,11-12,14-15H,7-10,13H2,1H3,(H,25,29)(H,26,30)/t15-/m0/s1. The second kappa shape index (κ2) is 8.82. The number of hydrogen-bond acceptors (Lipinski definition) is 6. The molecule has 3 aromatic rings. The largest absolute Gasteiger partial charge is 0.379 e. The molecule has 1 fully saturated rings. The van der Waals surface area contributed by atoms with Gasteiger partial charge in [0, 0.05) is 41.0 Å². The molecule has 2 N–H and O–H groups in total. The Morgan fingerprint density at radius 1 is 1.22 bits per heavy atom. The summed E-state index contributed by atoms with van der Waals surface area (Å²) >= 11 is 1.56. The lowest BCUT2D eigenvalue weighted by molar-refractivity contribution is -0.118. The van der Waals surface area contributed by atoms with Crippen LogP contribution in [0, 0.1) is 0 Å². The molecule has 1 atom stereocenters. The first kappa shape index (κ1) is 20.8. The van der Waals surface area contributed by atoms with Crippen molar-refractivity contribution < 1.29 is 14.3 Å². The number of morpholine rings is 1. The molecule has 2 amide bonds. The highest BCUT2D eigenvalue weighted by Crippen LogP contribution is 2.37. The molecule has 0 bridgehead atoms. The Bertz CT molecular complexity index is 1170. The number of fused-ring (bicyclic) bond motifs is 1. The van der Waals surface area contributed by atoms with Crippen molar-refractivity contribution in [3.8, 4) is 21.8 Å². The Morgan fingerprint density at radius 2 is 2.06 bits per heavy atom. The quantitative estimate of drug-likeness (QED) is 0.620. The number of ether oxygens (including phenoxy) is 1. The van der Waals surface area contributed by atoms with Crippen LogP contribution in [0.15, 0.2) is 47.8 Å². The fourth-order valence-corrected chi connectivity index (χ4v) is 4.83. The summed E-state index contributed by atoms with van der Waals surface area (Å²) in [6.07, 6.45) is 0. The molecule has 7 nitrogen and oxygen atoms in total. The third-order valence-electron chi connectivity index (χ3n) is 5.83. The van der Waals surface area contributed by atoms with E-state index in [1.54, 1.807) is 11.3 Å². The molecule has 0 radical (unpaired) electrons. The monoisotopic (exact) mass is 448 g/mol. The molecule has 164 valence electrons. The maximum absolute atomic E-state index is 12.4. The van der Waals surface area contributed by atoms with Crippen LogP contribution in [0.4, 0.5) is 11.4 Å². The Balaban J connectivity index is 1.30. The van der Waals surface area contributed by atoms with E-state index < -0.39 is 0 Å². The molecule has 5 rings (SSSR count). The minimum atomic E-state index is -0.152. The molecule has 1 aromatic heterocycles. The molecule has 8 heteroatoms. The Morgan fingerprint density at radius 3 is 2.91 bits per heavy atom. The first-order valence-electron chi connectivity index (χ1n) is 10.7. The summed E-state index contributed by atoms with van der Waals surface area (Å²) in [6.45, 7) is 5.18. The van der Waals surface area contributed by atoms with Crippen LogP contribution in [-0.2, 0) is 14.3 Å². The van der Waals surface area contributed by atoms with Crippen molar-refractivity contribution in [2.24, 2.45) is 0 Å². The lowest BCUT2D eigenvalue weighted by atomic mass is 9.99. The highest BCUT2D eigenvalue weighted by Gasteiger charge is 2.26. The van der Waals surface area contributed by atoms with Gasteiger partial charge >= 0.3 is 0 Å². The lowest BCUT2D eigenvalue weighted by Crippen LogP contribution is -2.41. The van der Waals surface area contributed by atoms with Crippen molar-refractivity contribution in [2.45, 2.75) is 12.8 Å². The van der Waals surface area contributed by atoms with Gasteiger partial charge in [-0.1, -0.05) is 18.2 Å². The van der Waals surface area contributed by atoms with E-state index in [0.717, 1.165) is 51.9 Å². The molecule has 0 unspecified atom stereocenters. The molecule has 2 aliphatic rings. The zero-order valence-corrected chi connectivity index (χ0v) is 18.6. The number of nitrogens with one attached hydrogen (secondary N) is 2. The van der Waals surface area contributed by atoms with Gasteiger partial charge in [-0.3, -0.25) is 14.5 Å². The third kappa shape index (κ3) is 4.29. The van der Waals surface area contributed by atoms with Gasteiger partial charge in [0.25, 0.3) is 0 Å². The molecule has 2 aromatic carbocycles. The van der Waals surface area contributed by atoms with Crippen LogP contribution in [0.2, 0.25) is 0 Å². The normalized spacial score (nSPS) is 18.3. The van der Waals surface area contributed by atoms with Crippen molar-refractivity contribution in [1.29, 1.82) is 0 Å². The van der Waals surface area contributed by atoms with Gasteiger partial charge in [0.15, 0.2) is 0 Å². The van der Waals surface area contributed by atoms with E-state index in [-0.39, 0.29) is 17.7 Å². The third-order valence-corrected chi connectivity index (χ3v) is 6.72. The number of carbonyl (C=O) groups excluding carboxylic acids is 2. The summed E-state index contributed by atoms with van der Waals surface area (Å²) in [7, 11) is 0. The predicted octanol–water partition coefficient (Wildman–Crippen LogP) is 3.80. The van der Waals surface area contributed by atoms with Crippen LogP contribution >= 0.6 is 11.3 Å². The summed E-state index contributed by atoms with van der Waals surface area (Å²) in [6, 6.07) is 13.7. The number of benzene rings is 2. The fraction of sp³-hybridized carbons (Fsp3) is 0.292. The summed E-state index contributed by atoms with van der Waals surface area (Å²) in [4.78, 5) is 31.3. The molecule has 32 heavy (non-hydrogen) atoms. The van der Waals surface area contributed by atoms with Gasteiger partial charge in [-0.15, -0.1) is 11.3 Å². The summed E-state index contributed by atoms with van der Waals surface area (Å²) in [5, 5.41) is 8.80. The van der Waals surface area contributed by atoms with Crippen molar-refractivity contribution in [2.75, 3.05) is 43.5 Å². The van der Waals surface area contributed by atoms with E-state index in [1.807, 2.05) is 54.8 Å². The van der Waals surface area contributed by atoms with E-state index in [9.17, 15) is 9.59 Å². The number of hydrogen-bond donors (Lipinski definition) is 2. The maximum atomic E-state index is 12.4. The molecule has 0 spiro atoms.